The highest BCUT2D eigenvalue weighted by Crippen LogP contribution is 2.28. The number of ether oxygens (including phenoxy) is 1. The molecule has 1 fully saturated rings. The van der Waals surface area contributed by atoms with Crippen molar-refractivity contribution >= 4 is 0 Å². The van der Waals surface area contributed by atoms with E-state index in [2.05, 4.69) is 5.32 Å². The van der Waals surface area contributed by atoms with Crippen LogP contribution < -0.4 is 5.32 Å². The lowest BCUT2D eigenvalue weighted by Crippen LogP contribution is -2.31. The van der Waals surface area contributed by atoms with Crippen LogP contribution in [0.15, 0.2) is 12.1 Å². The number of benzene rings is 1. The lowest BCUT2D eigenvalue weighted by Gasteiger charge is -2.25. The van der Waals surface area contributed by atoms with Gasteiger partial charge in [0.05, 0.1) is 6.10 Å². The third-order valence-corrected chi connectivity index (χ3v) is 3.71. The van der Waals surface area contributed by atoms with Crippen LogP contribution in [0.5, 0.6) is 0 Å². The first-order valence-corrected chi connectivity index (χ1v) is 7.30. The Kier molecular flexibility index (Phi) is 5.11. The molecule has 112 valence electrons. The van der Waals surface area contributed by atoms with Crippen LogP contribution in [0, 0.1) is 18.6 Å². The van der Waals surface area contributed by atoms with Gasteiger partial charge in [-0.1, -0.05) is 13.8 Å². The normalized spacial score (nSPS) is 20.6. The third kappa shape index (κ3) is 3.76. The second-order valence-corrected chi connectivity index (χ2v) is 5.87. The molecule has 1 aliphatic heterocycles. The average molecular weight is 283 g/mol. The Morgan fingerprint density at radius 3 is 2.65 bits per heavy atom. The largest absolute Gasteiger partial charge is 0.378 e. The molecule has 4 heteroatoms. The van der Waals surface area contributed by atoms with Gasteiger partial charge in [0.25, 0.3) is 0 Å². The molecule has 1 aromatic rings. The topological polar surface area (TPSA) is 21.3 Å². The van der Waals surface area contributed by atoms with Crippen molar-refractivity contribution in [1.82, 2.24) is 5.32 Å². The number of rotatable bonds is 5. The summed E-state index contributed by atoms with van der Waals surface area (Å²) in [5.41, 5.74) is 1.01. The molecule has 2 rings (SSSR count). The molecule has 1 aliphatic rings. The molecule has 2 atom stereocenters. The lowest BCUT2D eigenvalue weighted by atomic mass is 9.96. The molecular weight excluding hydrogens is 260 g/mol. The van der Waals surface area contributed by atoms with Gasteiger partial charge < -0.3 is 10.1 Å². The summed E-state index contributed by atoms with van der Waals surface area (Å²) < 4.78 is 33.1. The van der Waals surface area contributed by atoms with E-state index in [1.165, 1.54) is 0 Å². The first kappa shape index (κ1) is 15.4. The van der Waals surface area contributed by atoms with E-state index in [1.807, 2.05) is 13.8 Å². The molecule has 0 amide bonds. The van der Waals surface area contributed by atoms with E-state index in [1.54, 1.807) is 13.0 Å². The van der Waals surface area contributed by atoms with Crippen molar-refractivity contribution in [3.05, 3.63) is 34.9 Å². The van der Waals surface area contributed by atoms with Gasteiger partial charge in [-0.3, -0.25) is 0 Å². The van der Waals surface area contributed by atoms with Crippen molar-refractivity contribution in [2.45, 2.75) is 58.2 Å². The van der Waals surface area contributed by atoms with Gasteiger partial charge in [-0.2, -0.15) is 0 Å². The maximum atomic E-state index is 14.1. The Balaban J connectivity index is 2.22. The summed E-state index contributed by atoms with van der Waals surface area (Å²) in [7, 11) is 0. The molecule has 0 aliphatic carbocycles. The third-order valence-electron chi connectivity index (χ3n) is 3.71. The van der Waals surface area contributed by atoms with Gasteiger partial charge >= 0.3 is 0 Å². The molecule has 0 aromatic heterocycles. The Bertz CT molecular complexity index is 456. The second kappa shape index (κ2) is 6.64. The summed E-state index contributed by atoms with van der Waals surface area (Å²) in [6.45, 7) is 6.49. The van der Waals surface area contributed by atoms with Crippen LogP contribution in [0.3, 0.4) is 0 Å². The molecule has 20 heavy (non-hydrogen) atoms. The first-order chi connectivity index (χ1) is 9.47. The fraction of sp³-hybridized carbons (Fsp3) is 0.625. The summed E-state index contributed by atoms with van der Waals surface area (Å²) in [5.74, 6) is -0.976. The van der Waals surface area contributed by atoms with Crippen LogP contribution >= 0.6 is 0 Å². The molecule has 2 unspecified atom stereocenters. The minimum absolute atomic E-state index is 0.141. The van der Waals surface area contributed by atoms with E-state index < -0.39 is 11.6 Å². The lowest BCUT2D eigenvalue weighted by molar-refractivity contribution is 0.0932. The van der Waals surface area contributed by atoms with Crippen molar-refractivity contribution in [3.63, 3.8) is 0 Å². The highest BCUT2D eigenvalue weighted by Gasteiger charge is 2.25. The summed E-state index contributed by atoms with van der Waals surface area (Å²) in [5, 5.41) is 3.37. The SMILES string of the molecule is Cc1cc(C(CC2CCCO2)NC(C)C)c(F)cc1F. The number of halogens is 2. The van der Waals surface area contributed by atoms with Gasteiger partial charge in [-0.05, 0) is 37.8 Å². The fourth-order valence-corrected chi connectivity index (χ4v) is 2.73. The van der Waals surface area contributed by atoms with Gasteiger partial charge in [0.15, 0.2) is 0 Å². The monoisotopic (exact) mass is 283 g/mol. The summed E-state index contributed by atoms with van der Waals surface area (Å²) in [4.78, 5) is 0. The molecule has 2 nitrogen and oxygen atoms in total. The Morgan fingerprint density at radius 2 is 2.05 bits per heavy atom. The first-order valence-electron chi connectivity index (χ1n) is 7.30. The summed E-state index contributed by atoms with van der Waals surface area (Å²) in [6.07, 6.45) is 2.96. The van der Waals surface area contributed by atoms with Gasteiger partial charge in [0.1, 0.15) is 11.6 Å². The molecule has 0 radical (unpaired) electrons. The van der Waals surface area contributed by atoms with E-state index in [0.29, 0.717) is 11.1 Å². The molecule has 1 N–H and O–H groups in total. The zero-order valence-corrected chi connectivity index (χ0v) is 12.4. The number of hydrogen-bond acceptors (Lipinski definition) is 2. The summed E-state index contributed by atoms with van der Waals surface area (Å²) >= 11 is 0. The number of nitrogens with one attached hydrogen (secondary N) is 1. The van der Waals surface area contributed by atoms with Gasteiger partial charge in [0, 0.05) is 30.3 Å². The molecule has 1 aromatic carbocycles. The maximum Gasteiger partial charge on any atom is 0.130 e. The quantitative estimate of drug-likeness (QED) is 0.885. The van der Waals surface area contributed by atoms with E-state index >= 15 is 0 Å². The number of hydrogen-bond donors (Lipinski definition) is 1. The number of aryl methyl sites for hydroxylation is 1. The van der Waals surface area contributed by atoms with Crippen LogP contribution in [0.4, 0.5) is 8.78 Å². The van der Waals surface area contributed by atoms with Crippen molar-refractivity contribution in [1.29, 1.82) is 0 Å². The Morgan fingerprint density at radius 1 is 1.30 bits per heavy atom. The van der Waals surface area contributed by atoms with Crippen molar-refractivity contribution in [3.8, 4) is 0 Å². The Hall–Kier alpha value is -1.00. The van der Waals surface area contributed by atoms with Gasteiger partial charge in [0.2, 0.25) is 0 Å². The van der Waals surface area contributed by atoms with E-state index in [-0.39, 0.29) is 18.2 Å². The molecule has 0 spiro atoms. The molecule has 0 saturated carbocycles. The van der Waals surface area contributed by atoms with Crippen LogP contribution in [0.2, 0.25) is 0 Å². The van der Waals surface area contributed by atoms with Crippen molar-refractivity contribution < 1.29 is 13.5 Å². The highest BCUT2D eigenvalue weighted by molar-refractivity contribution is 5.28. The molecule has 1 heterocycles. The minimum atomic E-state index is -0.494. The molecular formula is C16H23F2NO. The van der Waals surface area contributed by atoms with Crippen LogP contribution in [0.1, 0.15) is 50.3 Å². The predicted octanol–water partition coefficient (Wildman–Crippen LogP) is 3.88. The van der Waals surface area contributed by atoms with Crippen LogP contribution in [0.25, 0.3) is 0 Å². The zero-order chi connectivity index (χ0) is 14.7. The van der Waals surface area contributed by atoms with Crippen LogP contribution in [-0.2, 0) is 4.74 Å². The zero-order valence-electron chi connectivity index (χ0n) is 12.4. The highest BCUT2D eigenvalue weighted by atomic mass is 19.1. The van der Waals surface area contributed by atoms with Gasteiger partial charge in [-0.25, -0.2) is 8.78 Å². The standard InChI is InChI=1S/C16H23F2NO/c1-10(2)19-16(8-12-5-4-6-20-12)13-7-11(3)14(17)9-15(13)18/h7,9-10,12,16,19H,4-6,8H2,1-3H3. The molecule has 0 bridgehead atoms. The minimum Gasteiger partial charge on any atom is -0.378 e. The van der Waals surface area contributed by atoms with Crippen molar-refractivity contribution in [2.75, 3.05) is 6.61 Å². The smallest absolute Gasteiger partial charge is 0.130 e. The average Bonchev–Trinajstić information content (AvgIpc) is 2.85. The summed E-state index contributed by atoms with van der Waals surface area (Å²) in [6, 6.07) is 2.68. The van der Waals surface area contributed by atoms with E-state index in [0.717, 1.165) is 31.9 Å². The van der Waals surface area contributed by atoms with Crippen LogP contribution in [-0.4, -0.2) is 18.8 Å². The van der Waals surface area contributed by atoms with Crippen molar-refractivity contribution in [2.24, 2.45) is 0 Å². The van der Waals surface area contributed by atoms with E-state index in [4.69, 9.17) is 4.74 Å². The maximum absolute atomic E-state index is 14.1. The molecule has 1 saturated heterocycles. The Labute approximate surface area is 119 Å². The fourth-order valence-electron chi connectivity index (χ4n) is 2.73. The second-order valence-electron chi connectivity index (χ2n) is 5.87. The predicted molar refractivity (Wildman–Crippen MR) is 75.7 cm³/mol. The van der Waals surface area contributed by atoms with E-state index in [9.17, 15) is 8.78 Å². The van der Waals surface area contributed by atoms with Gasteiger partial charge in [-0.15, -0.1) is 0 Å².